The molecule has 1 aromatic heterocycles. The first-order chi connectivity index (χ1) is 15.8. The molecule has 174 valence electrons. The highest BCUT2D eigenvalue weighted by Crippen LogP contribution is 2.30. The summed E-state index contributed by atoms with van der Waals surface area (Å²) < 4.78 is 8.96. The highest BCUT2D eigenvalue weighted by atomic mass is 79.9. The molecule has 1 amide bonds. The van der Waals surface area contributed by atoms with Crippen LogP contribution in [0.4, 0.5) is 5.69 Å². The van der Waals surface area contributed by atoms with Gasteiger partial charge in [-0.15, -0.1) is 16.8 Å². The summed E-state index contributed by atoms with van der Waals surface area (Å²) in [5.41, 5.74) is 1.64. The third-order valence-electron chi connectivity index (χ3n) is 4.53. The summed E-state index contributed by atoms with van der Waals surface area (Å²) in [6, 6.07) is 10.8. The maximum absolute atomic E-state index is 12.4. The van der Waals surface area contributed by atoms with Crippen LogP contribution in [0.3, 0.4) is 0 Å². The molecular formula is C23H23BrCl2N4O2S. The average molecular weight is 570 g/mol. The first-order valence-electron chi connectivity index (χ1n) is 10.1. The van der Waals surface area contributed by atoms with Crippen LogP contribution in [0, 0.1) is 0 Å². The van der Waals surface area contributed by atoms with E-state index in [2.05, 4.69) is 57.9 Å². The number of halogens is 3. The van der Waals surface area contributed by atoms with E-state index in [1.54, 1.807) is 24.3 Å². The van der Waals surface area contributed by atoms with Crippen LogP contribution in [0.25, 0.3) is 0 Å². The molecule has 10 heteroatoms. The summed E-state index contributed by atoms with van der Waals surface area (Å²) in [5, 5.41) is 12.8. The number of nitrogens with one attached hydrogen (secondary N) is 1. The van der Waals surface area contributed by atoms with Crippen LogP contribution >= 0.6 is 50.9 Å². The number of carbonyl (C=O) groups excluding carboxylic acids is 1. The summed E-state index contributed by atoms with van der Waals surface area (Å²) in [5.74, 6) is 1.69. The second-order valence-electron chi connectivity index (χ2n) is 7.42. The topological polar surface area (TPSA) is 69.0 Å². The van der Waals surface area contributed by atoms with Gasteiger partial charge in [0.1, 0.15) is 12.4 Å². The van der Waals surface area contributed by atoms with E-state index in [0.717, 1.165) is 15.8 Å². The van der Waals surface area contributed by atoms with Crippen LogP contribution in [0.1, 0.15) is 31.2 Å². The first kappa shape index (κ1) is 25.6. The van der Waals surface area contributed by atoms with Gasteiger partial charge < -0.3 is 10.1 Å². The van der Waals surface area contributed by atoms with Crippen molar-refractivity contribution in [1.29, 1.82) is 0 Å². The Kier molecular flexibility index (Phi) is 9.26. The lowest BCUT2D eigenvalue weighted by molar-refractivity contribution is -0.113. The van der Waals surface area contributed by atoms with Crippen molar-refractivity contribution >= 4 is 62.5 Å². The van der Waals surface area contributed by atoms with Crippen LogP contribution in [0.5, 0.6) is 5.75 Å². The average Bonchev–Trinajstić information content (AvgIpc) is 3.12. The number of rotatable bonds is 10. The van der Waals surface area contributed by atoms with E-state index in [9.17, 15) is 4.79 Å². The number of amides is 1. The Balaban J connectivity index is 1.67. The number of benzene rings is 2. The molecule has 0 bridgehead atoms. The van der Waals surface area contributed by atoms with Crippen molar-refractivity contribution in [3.05, 3.63) is 75.0 Å². The Morgan fingerprint density at radius 1 is 1.24 bits per heavy atom. The number of aromatic nitrogens is 3. The molecule has 0 fully saturated rings. The number of nitrogens with zero attached hydrogens (tertiary/aromatic N) is 3. The summed E-state index contributed by atoms with van der Waals surface area (Å²) in [7, 11) is 0. The molecule has 0 atom stereocenters. The van der Waals surface area contributed by atoms with Crippen LogP contribution in [-0.4, -0.2) is 26.4 Å². The molecule has 3 rings (SSSR count). The zero-order valence-electron chi connectivity index (χ0n) is 18.1. The second kappa shape index (κ2) is 11.9. The van der Waals surface area contributed by atoms with Gasteiger partial charge in [-0.3, -0.25) is 9.36 Å². The minimum atomic E-state index is -0.208. The lowest BCUT2D eigenvalue weighted by Crippen LogP contribution is -2.15. The second-order valence-corrected chi connectivity index (χ2v) is 10.1. The molecule has 0 saturated carbocycles. The van der Waals surface area contributed by atoms with Gasteiger partial charge in [-0.1, -0.05) is 70.8 Å². The Morgan fingerprint density at radius 2 is 1.97 bits per heavy atom. The monoisotopic (exact) mass is 568 g/mol. The molecule has 33 heavy (non-hydrogen) atoms. The maximum atomic E-state index is 12.4. The van der Waals surface area contributed by atoms with Gasteiger partial charge in [-0.05, 0) is 47.9 Å². The Hall–Kier alpha value is -2.00. The molecule has 3 aromatic rings. The lowest BCUT2D eigenvalue weighted by atomic mass is 10.0. The fraction of sp³-hybridized carbons (Fsp3) is 0.261. The minimum absolute atomic E-state index is 0.143. The van der Waals surface area contributed by atoms with Crippen LogP contribution in [0.15, 0.2) is 58.7 Å². The summed E-state index contributed by atoms with van der Waals surface area (Å²) in [4.78, 5) is 12.4. The van der Waals surface area contributed by atoms with Gasteiger partial charge in [-0.25, -0.2) is 0 Å². The SMILES string of the molecule is C=CCn1c(COc2ccc(Br)cc2C(C)C)nnc1SCC(=O)Nc1cc(Cl)cc(Cl)c1. The third-order valence-corrected chi connectivity index (χ3v) is 6.43. The van der Waals surface area contributed by atoms with Crippen molar-refractivity contribution in [3.8, 4) is 5.75 Å². The number of anilines is 1. The summed E-state index contributed by atoms with van der Waals surface area (Å²) in [6.07, 6.45) is 1.75. The van der Waals surface area contributed by atoms with E-state index in [4.69, 9.17) is 27.9 Å². The number of ether oxygens (including phenoxy) is 1. The molecule has 0 spiro atoms. The van der Waals surface area contributed by atoms with Crippen molar-refractivity contribution in [3.63, 3.8) is 0 Å². The predicted molar refractivity (Wildman–Crippen MR) is 139 cm³/mol. The van der Waals surface area contributed by atoms with E-state index in [1.165, 1.54) is 11.8 Å². The van der Waals surface area contributed by atoms with E-state index in [0.29, 0.717) is 39.2 Å². The fourth-order valence-electron chi connectivity index (χ4n) is 3.04. The number of thioether (sulfide) groups is 1. The predicted octanol–water partition coefficient (Wildman–Crippen LogP) is 6.97. The molecule has 0 aliphatic carbocycles. The largest absolute Gasteiger partial charge is 0.485 e. The molecule has 0 aliphatic heterocycles. The Bertz CT molecular complexity index is 1130. The third kappa shape index (κ3) is 7.24. The number of carbonyl (C=O) groups is 1. The van der Waals surface area contributed by atoms with Gasteiger partial charge in [0.2, 0.25) is 5.91 Å². The van der Waals surface area contributed by atoms with Crippen molar-refractivity contribution in [2.45, 2.75) is 38.1 Å². The number of allylic oxidation sites excluding steroid dienone is 1. The molecule has 0 unspecified atom stereocenters. The number of hydrogen-bond donors (Lipinski definition) is 1. The molecule has 2 aromatic carbocycles. The molecule has 1 heterocycles. The minimum Gasteiger partial charge on any atom is -0.485 e. The first-order valence-corrected chi connectivity index (χ1v) is 12.6. The normalized spacial score (nSPS) is 11.0. The zero-order valence-corrected chi connectivity index (χ0v) is 22.1. The van der Waals surface area contributed by atoms with Gasteiger partial charge in [-0.2, -0.15) is 0 Å². The van der Waals surface area contributed by atoms with E-state index < -0.39 is 0 Å². The lowest BCUT2D eigenvalue weighted by Gasteiger charge is -2.15. The van der Waals surface area contributed by atoms with Gasteiger partial charge in [0, 0.05) is 26.8 Å². The quantitative estimate of drug-likeness (QED) is 0.211. The summed E-state index contributed by atoms with van der Waals surface area (Å²) >= 11 is 16.8. The highest BCUT2D eigenvalue weighted by molar-refractivity contribution is 9.10. The van der Waals surface area contributed by atoms with Gasteiger partial charge in [0.15, 0.2) is 11.0 Å². The van der Waals surface area contributed by atoms with Gasteiger partial charge >= 0.3 is 0 Å². The fourth-order valence-corrected chi connectivity index (χ4v) is 4.71. The van der Waals surface area contributed by atoms with Crippen molar-refractivity contribution in [1.82, 2.24) is 14.8 Å². The smallest absolute Gasteiger partial charge is 0.234 e. The van der Waals surface area contributed by atoms with Crippen molar-refractivity contribution in [2.75, 3.05) is 11.1 Å². The molecule has 6 nitrogen and oxygen atoms in total. The van der Waals surface area contributed by atoms with Crippen LogP contribution < -0.4 is 10.1 Å². The van der Waals surface area contributed by atoms with E-state index >= 15 is 0 Å². The van der Waals surface area contributed by atoms with Gasteiger partial charge in [0.25, 0.3) is 0 Å². The molecular weight excluding hydrogens is 547 g/mol. The van der Waals surface area contributed by atoms with Crippen molar-refractivity contribution < 1.29 is 9.53 Å². The maximum Gasteiger partial charge on any atom is 0.234 e. The standard InChI is InChI=1S/C23H23BrCl2N4O2S/c1-4-7-30-21(12-32-20-6-5-15(24)8-19(20)14(2)3)28-29-23(30)33-13-22(31)27-18-10-16(25)9-17(26)11-18/h4-6,8-11,14H,1,7,12-13H2,2-3H3,(H,27,31). The van der Waals surface area contributed by atoms with E-state index in [1.807, 2.05) is 16.7 Å². The van der Waals surface area contributed by atoms with Crippen LogP contribution in [-0.2, 0) is 17.9 Å². The Labute approximate surface area is 215 Å². The van der Waals surface area contributed by atoms with Crippen molar-refractivity contribution in [2.24, 2.45) is 0 Å². The zero-order chi connectivity index (χ0) is 24.0. The Morgan fingerprint density at radius 3 is 2.64 bits per heavy atom. The molecule has 0 aliphatic rings. The van der Waals surface area contributed by atoms with Crippen LogP contribution in [0.2, 0.25) is 10.0 Å². The molecule has 0 radical (unpaired) electrons. The van der Waals surface area contributed by atoms with Gasteiger partial charge in [0.05, 0.1) is 5.75 Å². The molecule has 0 saturated heterocycles. The molecule has 1 N–H and O–H groups in total. The number of hydrogen-bond acceptors (Lipinski definition) is 5. The highest BCUT2D eigenvalue weighted by Gasteiger charge is 2.16. The van der Waals surface area contributed by atoms with E-state index in [-0.39, 0.29) is 18.3 Å². The summed E-state index contributed by atoms with van der Waals surface area (Å²) in [6.45, 7) is 8.79.